The molecule has 158 valence electrons. The monoisotopic (exact) mass is 435 g/mol. The molecule has 2 amide bonds. The molecule has 1 saturated carbocycles. The third kappa shape index (κ3) is 3.84. The molecule has 4 heterocycles. The van der Waals surface area contributed by atoms with Crippen LogP contribution in [0.1, 0.15) is 46.4 Å². The molecule has 0 saturated heterocycles. The van der Waals surface area contributed by atoms with Gasteiger partial charge in [0.1, 0.15) is 11.7 Å². The van der Waals surface area contributed by atoms with Gasteiger partial charge >= 0.3 is 0 Å². The standard InChI is InChI=1S/C22H21N5O3S/c23-20(28)15-11-19-17(8-10-31-19)26-22(15)30-14-6-4-13(5-7-14)25-21(29)16-12-24-27-9-2-1-3-18(16)27/h1-3,8-14H,4-7H2,(H2,23,28)(H,25,29). The average molecular weight is 436 g/mol. The predicted molar refractivity (Wildman–Crippen MR) is 117 cm³/mol. The van der Waals surface area contributed by atoms with Crippen molar-refractivity contribution < 1.29 is 14.3 Å². The minimum Gasteiger partial charge on any atom is -0.474 e. The van der Waals surface area contributed by atoms with Crippen LogP contribution >= 0.6 is 11.3 Å². The third-order valence-corrected chi connectivity index (χ3v) is 6.48. The van der Waals surface area contributed by atoms with Crippen LogP contribution in [0, 0.1) is 0 Å². The molecule has 9 heteroatoms. The Bertz CT molecular complexity index is 1270. The highest BCUT2D eigenvalue weighted by Crippen LogP contribution is 2.29. The zero-order chi connectivity index (χ0) is 21.4. The number of aromatic nitrogens is 3. The molecule has 0 bridgehead atoms. The zero-order valence-corrected chi connectivity index (χ0v) is 17.5. The first-order chi connectivity index (χ1) is 15.1. The van der Waals surface area contributed by atoms with E-state index in [0.29, 0.717) is 11.1 Å². The molecule has 0 spiro atoms. The van der Waals surface area contributed by atoms with Gasteiger partial charge in [0, 0.05) is 12.2 Å². The number of fused-ring (bicyclic) bond motifs is 2. The number of rotatable bonds is 5. The minimum absolute atomic E-state index is 0.0638. The Balaban J connectivity index is 1.23. The summed E-state index contributed by atoms with van der Waals surface area (Å²) in [5.41, 5.74) is 7.98. The van der Waals surface area contributed by atoms with Crippen LogP contribution in [-0.4, -0.2) is 38.6 Å². The van der Waals surface area contributed by atoms with Crippen LogP contribution in [0.3, 0.4) is 0 Å². The maximum Gasteiger partial charge on any atom is 0.255 e. The summed E-state index contributed by atoms with van der Waals surface area (Å²) < 4.78 is 8.67. The van der Waals surface area contributed by atoms with E-state index in [0.717, 1.165) is 41.4 Å². The van der Waals surface area contributed by atoms with Gasteiger partial charge in [-0.05, 0) is 55.3 Å². The van der Waals surface area contributed by atoms with Gasteiger partial charge in [-0.2, -0.15) is 5.10 Å². The number of nitrogens with one attached hydrogen (secondary N) is 1. The van der Waals surface area contributed by atoms with Crippen LogP contribution in [0.2, 0.25) is 0 Å². The molecule has 1 fully saturated rings. The minimum atomic E-state index is -0.549. The Kier molecular flexibility index (Phi) is 5.03. The number of hydrogen-bond donors (Lipinski definition) is 2. The second-order valence-corrected chi connectivity index (χ2v) is 8.61. The number of primary amides is 1. The summed E-state index contributed by atoms with van der Waals surface area (Å²) in [5.74, 6) is -0.379. The number of amides is 2. The Morgan fingerprint density at radius 1 is 1.16 bits per heavy atom. The first-order valence-corrected chi connectivity index (χ1v) is 11.0. The topological polar surface area (TPSA) is 112 Å². The highest BCUT2D eigenvalue weighted by Gasteiger charge is 2.26. The number of carbonyl (C=O) groups is 2. The summed E-state index contributed by atoms with van der Waals surface area (Å²) >= 11 is 1.51. The molecule has 1 aliphatic carbocycles. The lowest BCUT2D eigenvalue weighted by atomic mass is 9.92. The molecule has 3 N–H and O–H groups in total. The molecule has 0 aliphatic heterocycles. The Morgan fingerprint density at radius 2 is 2.00 bits per heavy atom. The van der Waals surface area contributed by atoms with E-state index >= 15 is 0 Å². The number of nitrogens with two attached hydrogens (primary N) is 1. The summed E-state index contributed by atoms with van der Waals surface area (Å²) in [5, 5.41) is 9.26. The van der Waals surface area contributed by atoms with Crippen molar-refractivity contribution >= 4 is 38.9 Å². The molecular formula is C22H21N5O3S. The summed E-state index contributed by atoms with van der Waals surface area (Å²) in [4.78, 5) is 29.1. The smallest absolute Gasteiger partial charge is 0.255 e. The molecule has 4 aromatic heterocycles. The number of carbonyl (C=O) groups excluding carboxylic acids is 2. The molecule has 0 atom stereocenters. The summed E-state index contributed by atoms with van der Waals surface area (Å²) in [6, 6.07) is 9.33. The lowest BCUT2D eigenvalue weighted by Crippen LogP contribution is -2.39. The van der Waals surface area contributed by atoms with Gasteiger partial charge in [0.05, 0.1) is 27.5 Å². The number of nitrogens with zero attached hydrogens (tertiary/aromatic N) is 3. The zero-order valence-electron chi connectivity index (χ0n) is 16.7. The summed E-state index contributed by atoms with van der Waals surface area (Å²) in [7, 11) is 0. The molecule has 5 rings (SSSR count). The van der Waals surface area contributed by atoms with E-state index in [2.05, 4.69) is 15.4 Å². The van der Waals surface area contributed by atoms with Gasteiger partial charge in [0.15, 0.2) is 0 Å². The van der Waals surface area contributed by atoms with Gasteiger partial charge in [-0.25, -0.2) is 9.50 Å². The van der Waals surface area contributed by atoms with Crippen molar-refractivity contribution in [2.24, 2.45) is 5.73 Å². The number of ether oxygens (including phenoxy) is 1. The van der Waals surface area contributed by atoms with Gasteiger partial charge in [-0.15, -0.1) is 11.3 Å². The first-order valence-electron chi connectivity index (χ1n) is 10.2. The molecular weight excluding hydrogens is 414 g/mol. The lowest BCUT2D eigenvalue weighted by Gasteiger charge is -2.29. The van der Waals surface area contributed by atoms with Crippen molar-refractivity contribution in [1.82, 2.24) is 19.9 Å². The highest BCUT2D eigenvalue weighted by molar-refractivity contribution is 7.17. The largest absolute Gasteiger partial charge is 0.474 e. The fraction of sp³-hybridized carbons (Fsp3) is 0.273. The van der Waals surface area contributed by atoms with Crippen molar-refractivity contribution in [2.45, 2.75) is 37.8 Å². The normalized spacial score (nSPS) is 18.8. The van der Waals surface area contributed by atoms with Crippen LogP contribution in [0.25, 0.3) is 15.7 Å². The Hall–Kier alpha value is -3.46. The second kappa shape index (κ2) is 7.99. The van der Waals surface area contributed by atoms with Crippen LogP contribution in [0.15, 0.2) is 48.1 Å². The van der Waals surface area contributed by atoms with Crippen molar-refractivity contribution in [1.29, 1.82) is 0 Å². The van der Waals surface area contributed by atoms with Gasteiger partial charge < -0.3 is 15.8 Å². The van der Waals surface area contributed by atoms with Gasteiger partial charge in [-0.3, -0.25) is 9.59 Å². The molecule has 31 heavy (non-hydrogen) atoms. The van der Waals surface area contributed by atoms with Crippen LogP contribution < -0.4 is 15.8 Å². The van der Waals surface area contributed by atoms with Crippen LogP contribution in [0.4, 0.5) is 0 Å². The van der Waals surface area contributed by atoms with Gasteiger partial charge in [0.2, 0.25) is 5.88 Å². The van der Waals surface area contributed by atoms with Crippen molar-refractivity contribution in [3.63, 3.8) is 0 Å². The van der Waals surface area contributed by atoms with E-state index in [-0.39, 0.29) is 23.9 Å². The molecule has 1 aliphatic rings. The predicted octanol–water partition coefficient (Wildman–Crippen LogP) is 3.16. The fourth-order valence-electron chi connectivity index (χ4n) is 4.00. The summed E-state index contributed by atoms with van der Waals surface area (Å²) in [6.45, 7) is 0. The Labute approximate surface area is 182 Å². The van der Waals surface area contributed by atoms with Gasteiger partial charge in [-0.1, -0.05) is 6.07 Å². The second-order valence-electron chi connectivity index (χ2n) is 7.66. The van der Waals surface area contributed by atoms with Crippen molar-refractivity contribution in [3.8, 4) is 5.88 Å². The number of pyridine rings is 2. The average Bonchev–Trinajstić information content (AvgIpc) is 3.41. The highest BCUT2D eigenvalue weighted by atomic mass is 32.1. The molecule has 0 unspecified atom stereocenters. The van der Waals surface area contributed by atoms with Crippen molar-refractivity contribution in [3.05, 3.63) is 59.2 Å². The molecule has 0 radical (unpaired) electrons. The van der Waals surface area contributed by atoms with E-state index in [1.807, 2.05) is 35.8 Å². The summed E-state index contributed by atoms with van der Waals surface area (Å²) in [6.07, 6.45) is 6.40. The van der Waals surface area contributed by atoms with Crippen LogP contribution in [-0.2, 0) is 0 Å². The molecule has 4 aromatic rings. The van der Waals surface area contributed by atoms with E-state index < -0.39 is 5.91 Å². The third-order valence-electron chi connectivity index (χ3n) is 5.63. The quantitative estimate of drug-likeness (QED) is 0.500. The molecule has 0 aromatic carbocycles. The first kappa shape index (κ1) is 19.5. The van der Waals surface area contributed by atoms with E-state index in [1.165, 1.54) is 11.3 Å². The maximum absolute atomic E-state index is 12.7. The van der Waals surface area contributed by atoms with Crippen LogP contribution in [0.5, 0.6) is 5.88 Å². The Morgan fingerprint density at radius 3 is 2.81 bits per heavy atom. The van der Waals surface area contributed by atoms with Gasteiger partial charge in [0.25, 0.3) is 11.8 Å². The van der Waals surface area contributed by atoms with Crippen molar-refractivity contribution in [2.75, 3.05) is 0 Å². The van der Waals surface area contributed by atoms with E-state index in [9.17, 15) is 9.59 Å². The number of thiophene rings is 1. The molecule has 8 nitrogen and oxygen atoms in total. The maximum atomic E-state index is 12.7. The SMILES string of the molecule is NC(=O)c1cc2sccc2nc1OC1CCC(NC(=O)c2cnn3ccccc23)CC1. The lowest BCUT2D eigenvalue weighted by molar-refractivity contribution is 0.0883. The van der Waals surface area contributed by atoms with E-state index in [4.69, 9.17) is 10.5 Å². The fourth-order valence-corrected chi connectivity index (χ4v) is 4.76. The number of hydrogen-bond acceptors (Lipinski definition) is 6. The van der Waals surface area contributed by atoms with E-state index in [1.54, 1.807) is 16.8 Å².